The van der Waals surface area contributed by atoms with Crippen molar-refractivity contribution in [3.63, 3.8) is 0 Å². The molecule has 1 unspecified atom stereocenters. The molecule has 3 atom stereocenters. The van der Waals surface area contributed by atoms with Crippen LogP contribution in [0.4, 0.5) is 0 Å². The zero-order chi connectivity index (χ0) is 13.5. The second-order valence-corrected chi connectivity index (χ2v) is 4.97. The first-order valence-electron chi connectivity index (χ1n) is 6.72. The van der Waals surface area contributed by atoms with Crippen LogP contribution in [0.2, 0.25) is 0 Å². The second-order valence-electron chi connectivity index (χ2n) is 4.97. The molecule has 2 N–H and O–H groups in total. The molecule has 1 aliphatic rings. The van der Waals surface area contributed by atoms with E-state index in [0.717, 1.165) is 19.4 Å². The molecule has 104 valence electrons. The van der Waals surface area contributed by atoms with Gasteiger partial charge >= 0.3 is 5.97 Å². The molecule has 1 heterocycles. The van der Waals surface area contributed by atoms with Crippen LogP contribution < -0.4 is 10.6 Å². The zero-order valence-corrected chi connectivity index (χ0v) is 11.5. The van der Waals surface area contributed by atoms with Crippen LogP contribution in [0.1, 0.15) is 33.6 Å². The summed E-state index contributed by atoms with van der Waals surface area (Å²) in [5.74, 6) is -0.417. The lowest BCUT2D eigenvalue weighted by Crippen LogP contribution is -2.43. The molecule has 5 heteroatoms. The number of nitrogens with one attached hydrogen (secondary N) is 2. The third-order valence-electron chi connectivity index (χ3n) is 3.27. The van der Waals surface area contributed by atoms with Gasteiger partial charge in [0, 0.05) is 18.5 Å². The van der Waals surface area contributed by atoms with Gasteiger partial charge < -0.3 is 15.4 Å². The van der Waals surface area contributed by atoms with Crippen molar-refractivity contribution in [2.75, 3.05) is 19.7 Å². The summed E-state index contributed by atoms with van der Waals surface area (Å²) >= 11 is 0. The van der Waals surface area contributed by atoms with E-state index in [1.165, 1.54) is 0 Å². The molecule has 0 saturated carbocycles. The summed E-state index contributed by atoms with van der Waals surface area (Å²) in [5, 5.41) is 6.16. The smallest absolute Gasteiger partial charge is 0.310 e. The van der Waals surface area contributed by atoms with E-state index in [-0.39, 0.29) is 23.7 Å². The van der Waals surface area contributed by atoms with Gasteiger partial charge in [0.05, 0.1) is 12.5 Å². The lowest BCUT2D eigenvalue weighted by molar-refractivity contribution is -0.147. The van der Waals surface area contributed by atoms with Crippen LogP contribution >= 0.6 is 0 Å². The molecule has 0 aromatic carbocycles. The molecular formula is C13H24N2O3. The molecule has 0 aromatic rings. The molecule has 1 aliphatic heterocycles. The third kappa shape index (κ3) is 4.64. The van der Waals surface area contributed by atoms with Gasteiger partial charge in [0.1, 0.15) is 0 Å². The van der Waals surface area contributed by atoms with E-state index in [9.17, 15) is 9.59 Å². The minimum absolute atomic E-state index is 0.0551. The quantitative estimate of drug-likeness (QED) is 0.710. The lowest BCUT2D eigenvalue weighted by atomic mass is 9.92. The average molecular weight is 256 g/mol. The van der Waals surface area contributed by atoms with Crippen molar-refractivity contribution >= 4 is 11.9 Å². The molecule has 1 fully saturated rings. The Morgan fingerprint density at radius 2 is 2.22 bits per heavy atom. The Balaban J connectivity index is 2.29. The van der Waals surface area contributed by atoms with Gasteiger partial charge in [-0.25, -0.2) is 0 Å². The van der Waals surface area contributed by atoms with Crippen molar-refractivity contribution in [1.82, 2.24) is 10.6 Å². The van der Waals surface area contributed by atoms with Crippen LogP contribution in [-0.2, 0) is 14.3 Å². The Morgan fingerprint density at radius 3 is 2.83 bits per heavy atom. The predicted octanol–water partition coefficient (Wildman–Crippen LogP) is 0.690. The van der Waals surface area contributed by atoms with E-state index in [1.807, 2.05) is 0 Å². The van der Waals surface area contributed by atoms with E-state index >= 15 is 0 Å². The Bertz CT molecular complexity index is 294. The lowest BCUT2D eigenvalue weighted by Gasteiger charge is -2.27. The van der Waals surface area contributed by atoms with Crippen molar-refractivity contribution in [1.29, 1.82) is 0 Å². The van der Waals surface area contributed by atoms with Gasteiger partial charge in [0.25, 0.3) is 0 Å². The Labute approximate surface area is 109 Å². The maximum atomic E-state index is 11.9. The van der Waals surface area contributed by atoms with Crippen molar-refractivity contribution in [2.24, 2.45) is 11.8 Å². The number of carbonyl (C=O) groups excluding carboxylic acids is 2. The molecule has 5 nitrogen and oxygen atoms in total. The van der Waals surface area contributed by atoms with Crippen LogP contribution in [0.15, 0.2) is 0 Å². The Hall–Kier alpha value is -1.10. The zero-order valence-electron chi connectivity index (χ0n) is 11.5. The first-order chi connectivity index (χ1) is 8.54. The maximum Gasteiger partial charge on any atom is 0.310 e. The number of ether oxygens (including phenoxy) is 1. The molecule has 0 bridgehead atoms. The number of piperidine rings is 1. The number of hydrogen-bond donors (Lipinski definition) is 2. The SMILES string of the molecule is CCOC(=O)C(C)CNC(=O)[C@H]1CCN[C@@H](C)C1. The first-order valence-corrected chi connectivity index (χ1v) is 6.72. The fourth-order valence-electron chi connectivity index (χ4n) is 2.14. The van der Waals surface area contributed by atoms with E-state index in [2.05, 4.69) is 17.6 Å². The summed E-state index contributed by atoms with van der Waals surface area (Å²) in [7, 11) is 0. The standard InChI is InChI=1S/C13H24N2O3/c1-4-18-13(17)9(2)8-15-12(16)11-5-6-14-10(3)7-11/h9-11,14H,4-8H2,1-3H3,(H,15,16)/t9?,10-,11-/m0/s1. The third-order valence-corrected chi connectivity index (χ3v) is 3.27. The summed E-state index contributed by atoms with van der Waals surface area (Å²) in [5.41, 5.74) is 0. The highest BCUT2D eigenvalue weighted by Gasteiger charge is 2.25. The first kappa shape index (κ1) is 15.0. The normalized spacial score (nSPS) is 25.3. The van der Waals surface area contributed by atoms with Gasteiger partial charge in [-0.2, -0.15) is 0 Å². The van der Waals surface area contributed by atoms with Crippen molar-refractivity contribution in [3.8, 4) is 0 Å². The highest BCUT2D eigenvalue weighted by atomic mass is 16.5. The van der Waals surface area contributed by atoms with Crippen LogP contribution in [-0.4, -0.2) is 37.6 Å². The molecule has 1 amide bonds. The molecule has 0 spiro atoms. The van der Waals surface area contributed by atoms with Gasteiger partial charge in [-0.15, -0.1) is 0 Å². The monoisotopic (exact) mass is 256 g/mol. The van der Waals surface area contributed by atoms with Crippen molar-refractivity contribution in [2.45, 2.75) is 39.7 Å². The minimum Gasteiger partial charge on any atom is -0.466 e. The molecular weight excluding hydrogens is 232 g/mol. The number of amides is 1. The van der Waals surface area contributed by atoms with E-state index in [4.69, 9.17) is 4.74 Å². The maximum absolute atomic E-state index is 11.9. The summed E-state index contributed by atoms with van der Waals surface area (Å²) < 4.78 is 4.90. The van der Waals surface area contributed by atoms with Gasteiger partial charge in [0.15, 0.2) is 0 Å². The fraction of sp³-hybridized carbons (Fsp3) is 0.846. The minimum atomic E-state index is -0.284. The summed E-state index contributed by atoms with van der Waals surface area (Å²) in [6.45, 7) is 7.25. The average Bonchev–Trinajstić information content (AvgIpc) is 2.35. The molecule has 1 saturated heterocycles. The van der Waals surface area contributed by atoms with Crippen LogP contribution in [0.5, 0.6) is 0 Å². The Morgan fingerprint density at radius 1 is 1.50 bits per heavy atom. The molecule has 0 aromatic heterocycles. The predicted molar refractivity (Wildman–Crippen MR) is 69.0 cm³/mol. The van der Waals surface area contributed by atoms with Gasteiger partial charge in [-0.3, -0.25) is 9.59 Å². The van der Waals surface area contributed by atoms with Crippen molar-refractivity contribution < 1.29 is 14.3 Å². The van der Waals surface area contributed by atoms with Gasteiger partial charge in [-0.1, -0.05) is 6.92 Å². The molecule has 18 heavy (non-hydrogen) atoms. The Kier molecular flexibility index (Phi) is 6.12. The number of carbonyl (C=O) groups is 2. The highest BCUT2D eigenvalue weighted by molar-refractivity contribution is 5.80. The summed E-state index contributed by atoms with van der Waals surface area (Å²) in [4.78, 5) is 23.3. The van der Waals surface area contributed by atoms with Crippen LogP contribution in [0, 0.1) is 11.8 Å². The number of esters is 1. The summed E-state index contributed by atoms with van der Waals surface area (Å²) in [6.07, 6.45) is 1.73. The topological polar surface area (TPSA) is 67.4 Å². The second kappa shape index (κ2) is 7.36. The van der Waals surface area contributed by atoms with Gasteiger partial charge in [0.2, 0.25) is 5.91 Å². The van der Waals surface area contributed by atoms with Gasteiger partial charge in [-0.05, 0) is 33.2 Å². The molecule has 0 radical (unpaired) electrons. The van der Waals surface area contributed by atoms with E-state index in [0.29, 0.717) is 19.2 Å². The molecule has 1 rings (SSSR count). The molecule has 0 aliphatic carbocycles. The number of rotatable bonds is 5. The highest BCUT2D eigenvalue weighted by Crippen LogP contribution is 2.16. The van der Waals surface area contributed by atoms with Crippen LogP contribution in [0.3, 0.4) is 0 Å². The summed E-state index contributed by atoms with van der Waals surface area (Å²) in [6, 6.07) is 0.386. The number of hydrogen-bond acceptors (Lipinski definition) is 4. The van der Waals surface area contributed by atoms with Crippen molar-refractivity contribution in [3.05, 3.63) is 0 Å². The fourth-order valence-corrected chi connectivity index (χ4v) is 2.14. The van der Waals surface area contributed by atoms with E-state index in [1.54, 1.807) is 13.8 Å². The largest absolute Gasteiger partial charge is 0.466 e. The van der Waals surface area contributed by atoms with E-state index < -0.39 is 0 Å². The van der Waals surface area contributed by atoms with Crippen LogP contribution in [0.25, 0.3) is 0 Å².